The minimum Gasteiger partial charge on any atom is -0.481 e. The van der Waals surface area contributed by atoms with Gasteiger partial charge in [-0.25, -0.2) is 0 Å². The number of anilines is 1. The predicted molar refractivity (Wildman–Crippen MR) is 81.0 cm³/mol. The summed E-state index contributed by atoms with van der Waals surface area (Å²) < 4.78 is 5.52. The van der Waals surface area contributed by atoms with Crippen molar-refractivity contribution in [3.63, 3.8) is 0 Å². The Bertz CT molecular complexity index is 755. The van der Waals surface area contributed by atoms with Gasteiger partial charge < -0.3 is 10.1 Å². The number of hydrogen-bond acceptors (Lipinski definition) is 4. The van der Waals surface area contributed by atoms with Gasteiger partial charge in [-0.1, -0.05) is 6.07 Å². The first-order valence-electron chi connectivity index (χ1n) is 6.60. The van der Waals surface area contributed by atoms with Crippen molar-refractivity contribution in [2.45, 2.75) is 13.0 Å². The Morgan fingerprint density at radius 2 is 1.77 bits per heavy atom. The van der Waals surface area contributed by atoms with Crippen LogP contribution in [0.3, 0.4) is 0 Å². The Morgan fingerprint density at radius 1 is 1.09 bits per heavy atom. The molecule has 0 radical (unpaired) electrons. The molecule has 108 valence electrons. The number of carbonyl (C=O) groups excluding carboxylic acids is 1. The topological polar surface area (TPSA) is 85.9 Å². The second-order valence-corrected chi connectivity index (χ2v) is 4.58. The van der Waals surface area contributed by atoms with E-state index in [1.165, 1.54) is 0 Å². The summed E-state index contributed by atoms with van der Waals surface area (Å²) in [6, 6.07) is 17.2. The summed E-state index contributed by atoms with van der Waals surface area (Å²) in [4.78, 5) is 12.1. The van der Waals surface area contributed by atoms with Crippen LogP contribution in [-0.4, -0.2) is 12.0 Å². The average Bonchev–Trinajstić information content (AvgIpc) is 2.55. The van der Waals surface area contributed by atoms with Crippen molar-refractivity contribution in [1.82, 2.24) is 0 Å². The molecule has 5 heteroatoms. The maximum Gasteiger partial charge on any atom is 0.265 e. The molecule has 0 spiro atoms. The van der Waals surface area contributed by atoms with Gasteiger partial charge in [0.15, 0.2) is 6.10 Å². The molecule has 0 saturated carbocycles. The Hall–Kier alpha value is -3.31. The first-order chi connectivity index (χ1) is 10.6. The highest BCUT2D eigenvalue weighted by molar-refractivity contribution is 5.94. The molecule has 2 aromatic carbocycles. The van der Waals surface area contributed by atoms with Gasteiger partial charge in [-0.05, 0) is 49.4 Å². The van der Waals surface area contributed by atoms with Crippen LogP contribution in [0.2, 0.25) is 0 Å². The van der Waals surface area contributed by atoms with Crippen LogP contribution in [0.5, 0.6) is 5.75 Å². The van der Waals surface area contributed by atoms with Gasteiger partial charge in [0, 0.05) is 5.69 Å². The largest absolute Gasteiger partial charge is 0.481 e. The van der Waals surface area contributed by atoms with E-state index >= 15 is 0 Å². The number of benzene rings is 2. The van der Waals surface area contributed by atoms with Gasteiger partial charge >= 0.3 is 0 Å². The Morgan fingerprint density at radius 3 is 2.41 bits per heavy atom. The highest BCUT2D eigenvalue weighted by Crippen LogP contribution is 2.15. The number of hydrogen-bond donors (Lipinski definition) is 1. The van der Waals surface area contributed by atoms with Crippen molar-refractivity contribution >= 4 is 11.6 Å². The lowest BCUT2D eigenvalue weighted by Crippen LogP contribution is -2.30. The van der Waals surface area contributed by atoms with Gasteiger partial charge in [-0.15, -0.1) is 0 Å². The zero-order valence-corrected chi connectivity index (χ0v) is 11.9. The van der Waals surface area contributed by atoms with Crippen LogP contribution in [0.15, 0.2) is 48.5 Å². The monoisotopic (exact) mass is 291 g/mol. The highest BCUT2D eigenvalue weighted by atomic mass is 16.5. The van der Waals surface area contributed by atoms with E-state index in [4.69, 9.17) is 15.3 Å². The summed E-state index contributed by atoms with van der Waals surface area (Å²) >= 11 is 0. The third kappa shape index (κ3) is 3.84. The van der Waals surface area contributed by atoms with Gasteiger partial charge in [-0.3, -0.25) is 4.79 Å². The van der Waals surface area contributed by atoms with E-state index in [0.29, 0.717) is 22.6 Å². The van der Waals surface area contributed by atoms with E-state index in [2.05, 4.69) is 5.32 Å². The first-order valence-corrected chi connectivity index (χ1v) is 6.60. The molecule has 2 aromatic rings. The maximum atomic E-state index is 12.1. The van der Waals surface area contributed by atoms with E-state index < -0.39 is 6.10 Å². The van der Waals surface area contributed by atoms with Crippen LogP contribution in [0.25, 0.3) is 0 Å². The number of nitriles is 2. The third-order valence-electron chi connectivity index (χ3n) is 2.93. The predicted octanol–water partition coefficient (Wildman–Crippen LogP) is 2.84. The Labute approximate surface area is 128 Å². The minimum atomic E-state index is -0.718. The van der Waals surface area contributed by atoms with Gasteiger partial charge in [0.25, 0.3) is 5.91 Å². The molecule has 1 unspecified atom stereocenters. The van der Waals surface area contributed by atoms with Crippen molar-refractivity contribution in [1.29, 1.82) is 10.5 Å². The normalized spacial score (nSPS) is 10.9. The van der Waals surface area contributed by atoms with Gasteiger partial charge in [0.1, 0.15) is 5.75 Å². The first kappa shape index (κ1) is 15.1. The zero-order chi connectivity index (χ0) is 15.9. The van der Waals surface area contributed by atoms with E-state index in [0.717, 1.165) is 0 Å². The lowest BCUT2D eigenvalue weighted by atomic mass is 10.2. The summed E-state index contributed by atoms with van der Waals surface area (Å²) in [6.07, 6.45) is -0.718. The smallest absolute Gasteiger partial charge is 0.265 e. The quantitative estimate of drug-likeness (QED) is 0.938. The molecule has 0 aromatic heterocycles. The molecule has 5 nitrogen and oxygen atoms in total. The molecule has 0 aliphatic rings. The minimum absolute atomic E-state index is 0.313. The van der Waals surface area contributed by atoms with Crippen LogP contribution < -0.4 is 10.1 Å². The Balaban J connectivity index is 1.99. The van der Waals surface area contributed by atoms with Crippen LogP contribution >= 0.6 is 0 Å². The molecule has 0 aliphatic heterocycles. The second kappa shape index (κ2) is 6.92. The van der Waals surface area contributed by atoms with Gasteiger partial charge in [-0.2, -0.15) is 10.5 Å². The molecule has 2 rings (SSSR count). The van der Waals surface area contributed by atoms with Crippen LogP contribution in [0.1, 0.15) is 18.1 Å². The number of nitrogens with zero attached hydrogens (tertiary/aromatic N) is 2. The summed E-state index contributed by atoms with van der Waals surface area (Å²) in [5, 5.41) is 20.3. The molecule has 1 atom stereocenters. The summed E-state index contributed by atoms with van der Waals surface area (Å²) in [6.45, 7) is 1.62. The van der Waals surface area contributed by atoms with Crippen molar-refractivity contribution < 1.29 is 9.53 Å². The number of amides is 1. The van der Waals surface area contributed by atoms with Crippen molar-refractivity contribution in [3.8, 4) is 17.9 Å². The molecule has 0 fully saturated rings. The SMILES string of the molecule is CC(Oc1cccc(C#N)c1)C(=O)Nc1ccc(C#N)cc1. The lowest BCUT2D eigenvalue weighted by Gasteiger charge is -2.14. The molecule has 1 N–H and O–H groups in total. The summed E-state index contributed by atoms with van der Waals surface area (Å²) in [5.41, 5.74) is 1.58. The van der Waals surface area contributed by atoms with Crippen molar-refractivity contribution in [3.05, 3.63) is 59.7 Å². The molecule has 0 bridgehead atoms. The number of nitrogens with one attached hydrogen (secondary N) is 1. The molecule has 0 aliphatic carbocycles. The fraction of sp³-hybridized carbons (Fsp3) is 0.118. The number of ether oxygens (including phenoxy) is 1. The standard InChI is InChI=1S/C17H13N3O2/c1-12(22-16-4-2-3-14(9-16)11-19)17(21)20-15-7-5-13(10-18)6-8-15/h2-9,12H,1H3,(H,20,21). The molecular formula is C17H13N3O2. The van der Waals surface area contributed by atoms with Gasteiger partial charge in [0.05, 0.1) is 23.3 Å². The molecule has 1 amide bonds. The van der Waals surface area contributed by atoms with E-state index in [1.807, 2.05) is 12.1 Å². The molecule has 22 heavy (non-hydrogen) atoms. The van der Waals surface area contributed by atoms with Crippen molar-refractivity contribution in [2.24, 2.45) is 0 Å². The maximum absolute atomic E-state index is 12.1. The zero-order valence-electron chi connectivity index (χ0n) is 11.9. The van der Waals surface area contributed by atoms with Gasteiger partial charge in [0.2, 0.25) is 0 Å². The van der Waals surface area contributed by atoms with Crippen LogP contribution in [0.4, 0.5) is 5.69 Å². The average molecular weight is 291 g/mol. The molecule has 0 heterocycles. The van der Waals surface area contributed by atoms with Crippen LogP contribution in [-0.2, 0) is 4.79 Å². The fourth-order valence-electron chi connectivity index (χ4n) is 1.77. The highest BCUT2D eigenvalue weighted by Gasteiger charge is 2.15. The van der Waals surface area contributed by atoms with Crippen LogP contribution in [0, 0.1) is 22.7 Å². The molecular weight excluding hydrogens is 278 g/mol. The van der Waals surface area contributed by atoms with E-state index in [9.17, 15) is 4.79 Å². The fourth-order valence-corrected chi connectivity index (χ4v) is 1.77. The third-order valence-corrected chi connectivity index (χ3v) is 2.93. The second-order valence-electron chi connectivity index (χ2n) is 4.58. The summed E-state index contributed by atoms with van der Waals surface area (Å²) in [5.74, 6) is 0.147. The Kier molecular flexibility index (Phi) is 4.74. The molecule has 0 saturated heterocycles. The van der Waals surface area contributed by atoms with E-state index in [1.54, 1.807) is 55.5 Å². The lowest BCUT2D eigenvalue weighted by molar-refractivity contribution is -0.122. The summed E-state index contributed by atoms with van der Waals surface area (Å²) in [7, 11) is 0. The number of rotatable bonds is 4. The number of carbonyl (C=O) groups is 1. The van der Waals surface area contributed by atoms with Crippen molar-refractivity contribution in [2.75, 3.05) is 5.32 Å². The van der Waals surface area contributed by atoms with E-state index in [-0.39, 0.29) is 5.91 Å².